The Labute approximate surface area is 146 Å². The van der Waals surface area contributed by atoms with Crippen LogP contribution in [0.1, 0.15) is 28.6 Å². The van der Waals surface area contributed by atoms with Crippen LogP contribution in [0, 0.1) is 0 Å². The van der Waals surface area contributed by atoms with Crippen molar-refractivity contribution in [3.63, 3.8) is 0 Å². The molecule has 0 N–H and O–H groups in total. The van der Waals surface area contributed by atoms with Gasteiger partial charge in [0.25, 0.3) is 5.91 Å². The van der Waals surface area contributed by atoms with E-state index in [0.717, 1.165) is 19.5 Å². The first-order valence-electron chi connectivity index (χ1n) is 8.34. The lowest BCUT2D eigenvalue weighted by Crippen LogP contribution is -2.35. The van der Waals surface area contributed by atoms with Gasteiger partial charge in [-0.25, -0.2) is 4.98 Å². The summed E-state index contributed by atoms with van der Waals surface area (Å²) in [5, 5.41) is 3.95. The van der Waals surface area contributed by atoms with Crippen LogP contribution in [0.4, 0.5) is 0 Å². The van der Waals surface area contributed by atoms with Crippen molar-refractivity contribution in [2.24, 2.45) is 0 Å². The molecular weight excluding hydrogens is 324 g/mol. The van der Waals surface area contributed by atoms with Gasteiger partial charge in [-0.15, -0.1) is 0 Å². The molecule has 1 saturated heterocycles. The minimum absolute atomic E-state index is 0.0745. The summed E-state index contributed by atoms with van der Waals surface area (Å²) in [5.41, 5.74) is 0.385. The summed E-state index contributed by atoms with van der Waals surface area (Å²) in [6.45, 7) is 4.13. The number of hydrogen-bond donors (Lipinski definition) is 0. The van der Waals surface area contributed by atoms with Gasteiger partial charge in [-0.3, -0.25) is 14.7 Å². The molecule has 0 unspecified atom stereocenters. The number of carbonyl (C=O) groups is 1. The van der Waals surface area contributed by atoms with Crippen LogP contribution in [-0.4, -0.2) is 75.7 Å². The molecule has 0 aliphatic carbocycles. The standard InChI is InChI=1S/C16H22N6O3/c1-24-10-3-14-19-15(25-20-14)12-21-6-2-7-22(9-8-21)16(23)13-11-17-4-5-18-13/h4-5,11H,2-3,6-10,12H2,1H3. The second kappa shape index (κ2) is 8.63. The normalized spacial score (nSPS) is 16.0. The topological polar surface area (TPSA) is 97.5 Å². The lowest BCUT2D eigenvalue weighted by molar-refractivity contribution is 0.0754. The Hall–Kier alpha value is -2.39. The summed E-state index contributed by atoms with van der Waals surface area (Å²) < 4.78 is 10.3. The summed E-state index contributed by atoms with van der Waals surface area (Å²) in [4.78, 5) is 28.9. The molecular formula is C16H22N6O3. The molecule has 134 valence electrons. The average Bonchev–Trinajstić information content (AvgIpc) is 2.96. The number of rotatable bonds is 6. The summed E-state index contributed by atoms with van der Waals surface area (Å²) >= 11 is 0. The van der Waals surface area contributed by atoms with E-state index in [1.165, 1.54) is 12.4 Å². The molecule has 3 rings (SSSR count). The molecule has 2 aromatic rings. The summed E-state index contributed by atoms with van der Waals surface area (Å²) in [6.07, 6.45) is 6.13. The SMILES string of the molecule is COCCc1noc(CN2CCCN(C(=O)c3cnccn3)CC2)n1. The lowest BCUT2D eigenvalue weighted by atomic mass is 10.3. The van der Waals surface area contributed by atoms with E-state index in [1.807, 2.05) is 4.90 Å². The maximum Gasteiger partial charge on any atom is 0.274 e. The zero-order chi connectivity index (χ0) is 17.5. The van der Waals surface area contributed by atoms with Crippen LogP contribution >= 0.6 is 0 Å². The van der Waals surface area contributed by atoms with Gasteiger partial charge < -0.3 is 14.2 Å². The van der Waals surface area contributed by atoms with Crippen molar-refractivity contribution in [2.45, 2.75) is 19.4 Å². The first kappa shape index (κ1) is 17.4. The fourth-order valence-electron chi connectivity index (χ4n) is 2.74. The van der Waals surface area contributed by atoms with Gasteiger partial charge in [0.1, 0.15) is 5.69 Å². The molecule has 0 spiro atoms. The molecule has 3 heterocycles. The number of aromatic nitrogens is 4. The number of hydrogen-bond acceptors (Lipinski definition) is 8. The van der Waals surface area contributed by atoms with Crippen molar-refractivity contribution in [3.05, 3.63) is 36.0 Å². The average molecular weight is 346 g/mol. The van der Waals surface area contributed by atoms with Crippen molar-refractivity contribution in [3.8, 4) is 0 Å². The second-order valence-electron chi connectivity index (χ2n) is 5.86. The van der Waals surface area contributed by atoms with E-state index in [2.05, 4.69) is 25.0 Å². The number of methoxy groups -OCH3 is 1. The highest BCUT2D eigenvalue weighted by molar-refractivity contribution is 5.91. The van der Waals surface area contributed by atoms with Crippen molar-refractivity contribution >= 4 is 5.91 Å². The molecule has 0 bridgehead atoms. The Morgan fingerprint density at radius 1 is 1.28 bits per heavy atom. The zero-order valence-corrected chi connectivity index (χ0v) is 14.3. The first-order valence-corrected chi connectivity index (χ1v) is 8.34. The molecule has 25 heavy (non-hydrogen) atoms. The number of amides is 1. The molecule has 2 aromatic heterocycles. The molecule has 0 aromatic carbocycles. The summed E-state index contributed by atoms with van der Waals surface area (Å²) in [7, 11) is 1.65. The lowest BCUT2D eigenvalue weighted by Gasteiger charge is -2.20. The van der Waals surface area contributed by atoms with Crippen LogP contribution in [0.3, 0.4) is 0 Å². The highest BCUT2D eigenvalue weighted by Crippen LogP contribution is 2.10. The molecule has 1 amide bonds. The molecule has 1 fully saturated rings. The van der Waals surface area contributed by atoms with Crippen LogP contribution in [0.15, 0.2) is 23.1 Å². The molecule has 1 aliphatic heterocycles. The smallest absolute Gasteiger partial charge is 0.274 e. The van der Waals surface area contributed by atoms with Gasteiger partial charge in [0.2, 0.25) is 5.89 Å². The third kappa shape index (κ3) is 4.80. The molecule has 0 saturated carbocycles. The Bertz CT molecular complexity index is 678. The minimum Gasteiger partial charge on any atom is -0.384 e. The number of ether oxygens (including phenoxy) is 1. The Balaban J connectivity index is 1.53. The van der Waals surface area contributed by atoms with Crippen molar-refractivity contribution < 1.29 is 14.1 Å². The predicted molar refractivity (Wildman–Crippen MR) is 87.7 cm³/mol. The van der Waals surface area contributed by atoms with Crippen molar-refractivity contribution in [1.82, 2.24) is 29.9 Å². The van der Waals surface area contributed by atoms with Crippen LogP contribution in [0.2, 0.25) is 0 Å². The maximum absolute atomic E-state index is 12.5. The first-order chi connectivity index (χ1) is 12.3. The Kier molecular flexibility index (Phi) is 6.02. The van der Waals surface area contributed by atoms with E-state index in [1.54, 1.807) is 13.3 Å². The third-order valence-electron chi connectivity index (χ3n) is 4.06. The van der Waals surface area contributed by atoms with Crippen LogP contribution in [0.25, 0.3) is 0 Å². The highest BCUT2D eigenvalue weighted by Gasteiger charge is 2.22. The fraction of sp³-hybridized carbons (Fsp3) is 0.562. The van der Waals surface area contributed by atoms with Gasteiger partial charge in [0.15, 0.2) is 5.82 Å². The quantitative estimate of drug-likeness (QED) is 0.741. The largest absolute Gasteiger partial charge is 0.384 e. The van der Waals surface area contributed by atoms with Crippen LogP contribution < -0.4 is 0 Å². The zero-order valence-electron chi connectivity index (χ0n) is 14.3. The van der Waals surface area contributed by atoms with E-state index in [9.17, 15) is 4.79 Å². The van der Waals surface area contributed by atoms with Crippen molar-refractivity contribution in [1.29, 1.82) is 0 Å². The van der Waals surface area contributed by atoms with Crippen LogP contribution in [0.5, 0.6) is 0 Å². The van der Waals surface area contributed by atoms with E-state index in [0.29, 0.717) is 50.1 Å². The van der Waals surface area contributed by atoms with Gasteiger partial charge in [-0.2, -0.15) is 4.98 Å². The van der Waals surface area contributed by atoms with Gasteiger partial charge in [0, 0.05) is 52.1 Å². The highest BCUT2D eigenvalue weighted by atomic mass is 16.5. The van der Waals surface area contributed by atoms with E-state index >= 15 is 0 Å². The van der Waals surface area contributed by atoms with Crippen LogP contribution in [-0.2, 0) is 17.7 Å². The van der Waals surface area contributed by atoms with Crippen molar-refractivity contribution in [2.75, 3.05) is 39.9 Å². The monoisotopic (exact) mass is 346 g/mol. The molecule has 1 aliphatic rings. The third-order valence-corrected chi connectivity index (χ3v) is 4.06. The Morgan fingerprint density at radius 3 is 3.00 bits per heavy atom. The number of carbonyl (C=O) groups excluding carboxylic acids is 1. The van der Waals surface area contributed by atoms with E-state index in [-0.39, 0.29) is 5.91 Å². The van der Waals surface area contributed by atoms with Gasteiger partial charge in [-0.05, 0) is 6.42 Å². The predicted octanol–water partition coefficient (Wildman–Crippen LogP) is 0.397. The van der Waals surface area contributed by atoms with E-state index < -0.39 is 0 Å². The summed E-state index contributed by atoms with van der Waals surface area (Å²) in [6, 6.07) is 0. The Morgan fingerprint density at radius 2 is 2.20 bits per heavy atom. The van der Waals surface area contributed by atoms with Gasteiger partial charge >= 0.3 is 0 Å². The molecule has 9 nitrogen and oxygen atoms in total. The molecule has 0 radical (unpaired) electrons. The fourth-order valence-corrected chi connectivity index (χ4v) is 2.74. The minimum atomic E-state index is -0.0745. The molecule has 9 heteroatoms. The maximum atomic E-state index is 12.5. The van der Waals surface area contributed by atoms with E-state index in [4.69, 9.17) is 9.26 Å². The number of nitrogens with zero attached hydrogens (tertiary/aromatic N) is 6. The molecule has 0 atom stereocenters. The van der Waals surface area contributed by atoms with Gasteiger partial charge in [-0.1, -0.05) is 5.16 Å². The summed E-state index contributed by atoms with van der Waals surface area (Å²) in [5.74, 6) is 1.18. The second-order valence-corrected chi connectivity index (χ2v) is 5.86. The van der Waals surface area contributed by atoms with Gasteiger partial charge in [0.05, 0.1) is 19.3 Å².